The molecule has 1 fully saturated rings. The van der Waals surface area contributed by atoms with Crippen molar-refractivity contribution in [1.82, 2.24) is 20.0 Å². The Bertz CT molecular complexity index is 609. The Morgan fingerprint density at radius 1 is 1.41 bits per heavy atom. The highest BCUT2D eigenvalue weighted by atomic mass is 35.5. The number of nitrogens with one attached hydrogen (secondary N) is 1. The number of hydrogen-bond acceptors (Lipinski definition) is 3. The molecule has 2 amide bonds. The lowest BCUT2D eigenvalue weighted by Crippen LogP contribution is -2.50. The number of aromatic nitrogens is 2. The second-order valence-corrected chi connectivity index (χ2v) is 5.76. The number of likely N-dealkylation sites (tertiary alicyclic amines) is 1. The third-order valence-electron chi connectivity index (χ3n) is 3.92. The quantitative estimate of drug-likeness (QED) is 0.857. The minimum absolute atomic E-state index is 0.114. The molecule has 120 valence electrons. The largest absolute Gasteiger partial charge is 0.357 e. The molecule has 1 aromatic heterocycles. The number of likely N-dealkylation sites (N-methyl/N-ethyl adjacent to an activating group) is 1. The third-order valence-corrected chi connectivity index (χ3v) is 4.37. The zero-order valence-electron chi connectivity index (χ0n) is 13.1. The second-order valence-electron chi connectivity index (χ2n) is 5.40. The number of hydrogen-bond donors (Lipinski definition) is 1. The maximum atomic E-state index is 12.4. The van der Waals surface area contributed by atoms with Crippen LogP contribution < -0.4 is 5.32 Å². The molecule has 1 saturated heterocycles. The fourth-order valence-electron chi connectivity index (χ4n) is 2.72. The Hall–Kier alpha value is -1.82. The van der Waals surface area contributed by atoms with E-state index in [1.54, 1.807) is 29.8 Å². The van der Waals surface area contributed by atoms with Crippen LogP contribution in [0.4, 0.5) is 0 Å². The van der Waals surface area contributed by atoms with Gasteiger partial charge in [-0.15, -0.1) is 0 Å². The molecular formula is C15H21ClN4O2. The number of nitrogens with zero attached hydrogens (tertiary/aromatic N) is 3. The molecule has 0 aliphatic carbocycles. The number of aryl methyl sites for hydroxylation is 2. The number of carbonyl (C=O) groups is 2. The monoisotopic (exact) mass is 324 g/mol. The molecular weight excluding hydrogens is 304 g/mol. The standard InChI is InChI=1S/C15H21ClN4O2/c1-10-11(14(16)19(3)18-10)7-8-13(21)20-9-5-4-6-12(20)15(22)17-2/h7-8,12H,4-6,9H2,1-3H3,(H,17,22)/b8-7-/t12-/m1/s1. The second kappa shape index (κ2) is 6.96. The molecule has 0 bridgehead atoms. The van der Waals surface area contributed by atoms with Crippen LogP contribution >= 0.6 is 11.6 Å². The van der Waals surface area contributed by atoms with Crippen molar-refractivity contribution in [3.05, 3.63) is 22.5 Å². The van der Waals surface area contributed by atoms with Crippen molar-refractivity contribution in [1.29, 1.82) is 0 Å². The molecule has 1 aliphatic rings. The van der Waals surface area contributed by atoms with E-state index in [0.29, 0.717) is 18.1 Å². The third kappa shape index (κ3) is 3.32. The molecule has 22 heavy (non-hydrogen) atoms. The first-order chi connectivity index (χ1) is 10.5. The van der Waals surface area contributed by atoms with Crippen LogP contribution in [-0.2, 0) is 16.6 Å². The van der Waals surface area contributed by atoms with Crippen molar-refractivity contribution >= 4 is 29.5 Å². The predicted molar refractivity (Wildman–Crippen MR) is 85.4 cm³/mol. The number of piperidine rings is 1. The van der Waals surface area contributed by atoms with Gasteiger partial charge in [0.1, 0.15) is 11.2 Å². The van der Waals surface area contributed by atoms with Gasteiger partial charge in [-0.1, -0.05) is 11.6 Å². The zero-order valence-corrected chi connectivity index (χ0v) is 13.9. The summed E-state index contributed by atoms with van der Waals surface area (Å²) in [6.45, 7) is 2.44. The molecule has 1 atom stereocenters. The molecule has 6 nitrogen and oxygen atoms in total. The topological polar surface area (TPSA) is 67.2 Å². The number of halogens is 1. The number of carbonyl (C=O) groups excluding carboxylic acids is 2. The van der Waals surface area contributed by atoms with Crippen LogP contribution in [0.3, 0.4) is 0 Å². The van der Waals surface area contributed by atoms with Crippen molar-refractivity contribution in [2.24, 2.45) is 7.05 Å². The molecule has 2 rings (SSSR count). The lowest BCUT2D eigenvalue weighted by molar-refractivity contribution is -0.138. The first kappa shape index (κ1) is 16.5. The first-order valence-corrected chi connectivity index (χ1v) is 7.73. The Morgan fingerprint density at radius 3 is 2.73 bits per heavy atom. The Labute approximate surface area is 135 Å². The van der Waals surface area contributed by atoms with Gasteiger partial charge in [0.15, 0.2) is 0 Å². The van der Waals surface area contributed by atoms with Crippen molar-refractivity contribution < 1.29 is 9.59 Å². The summed E-state index contributed by atoms with van der Waals surface area (Å²) in [5.74, 6) is -0.287. The molecule has 0 spiro atoms. The van der Waals surface area contributed by atoms with Crippen molar-refractivity contribution in [2.75, 3.05) is 13.6 Å². The van der Waals surface area contributed by atoms with Gasteiger partial charge < -0.3 is 10.2 Å². The van der Waals surface area contributed by atoms with Gasteiger partial charge in [0.05, 0.1) is 5.69 Å². The fraction of sp³-hybridized carbons (Fsp3) is 0.533. The Kier molecular flexibility index (Phi) is 5.24. The Morgan fingerprint density at radius 2 is 2.14 bits per heavy atom. The van der Waals surface area contributed by atoms with Crippen LogP contribution in [0.15, 0.2) is 6.08 Å². The van der Waals surface area contributed by atoms with Gasteiger partial charge in [0.25, 0.3) is 0 Å². The zero-order chi connectivity index (χ0) is 16.3. The van der Waals surface area contributed by atoms with E-state index in [9.17, 15) is 9.59 Å². The number of amides is 2. The minimum atomic E-state index is -0.388. The summed E-state index contributed by atoms with van der Waals surface area (Å²) in [6, 6.07) is -0.388. The highest BCUT2D eigenvalue weighted by Crippen LogP contribution is 2.21. The van der Waals surface area contributed by atoms with E-state index in [1.807, 2.05) is 6.92 Å². The van der Waals surface area contributed by atoms with E-state index in [-0.39, 0.29) is 17.9 Å². The van der Waals surface area contributed by atoms with Gasteiger partial charge in [-0.25, -0.2) is 0 Å². The first-order valence-electron chi connectivity index (χ1n) is 7.35. The highest BCUT2D eigenvalue weighted by molar-refractivity contribution is 6.31. The van der Waals surface area contributed by atoms with Gasteiger partial charge in [-0.2, -0.15) is 5.10 Å². The van der Waals surface area contributed by atoms with Gasteiger partial charge in [-0.05, 0) is 32.3 Å². The van der Waals surface area contributed by atoms with Crippen molar-refractivity contribution in [3.63, 3.8) is 0 Å². The highest BCUT2D eigenvalue weighted by Gasteiger charge is 2.30. The summed E-state index contributed by atoms with van der Waals surface area (Å²) in [6.07, 6.45) is 5.71. The maximum absolute atomic E-state index is 12.4. The average Bonchev–Trinajstić information content (AvgIpc) is 2.77. The molecule has 7 heteroatoms. The summed E-state index contributed by atoms with van der Waals surface area (Å²) in [5.41, 5.74) is 1.49. The van der Waals surface area contributed by atoms with Crippen LogP contribution in [-0.4, -0.2) is 46.1 Å². The van der Waals surface area contributed by atoms with Crippen molar-refractivity contribution in [2.45, 2.75) is 32.2 Å². The van der Waals surface area contributed by atoms with E-state index in [1.165, 1.54) is 6.08 Å². The molecule has 0 radical (unpaired) electrons. The lowest BCUT2D eigenvalue weighted by Gasteiger charge is -2.33. The van der Waals surface area contributed by atoms with E-state index in [2.05, 4.69) is 10.4 Å². The SMILES string of the molecule is CNC(=O)[C@H]1CCCCN1C(=O)/C=C\c1c(C)nn(C)c1Cl. The van der Waals surface area contributed by atoms with Crippen LogP contribution in [0.2, 0.25) is 5.15 Å². The van der Waals surface area contributed by atoms with E-state index in [4.69, 9.17) is 11.6 Å². The normalized spacial score (nSPS) is 18.7. The van der Waals surface area contributed by atoms with Crippen LogP contribution in [0, 0.1) is 6.92 Å². The predicted octanol–water partition coefficient (Wildman–Crippen LogP) is 1.52. The number of rotatable bonds is 3. The van der Waals surface area contributed by atoms with Crippen LogP contribution in [0.5, 0.6) is 0 Å². The molecule has 1 N–H and O–H groups in total. The maximum Gasteiger partial charge on any atom is 0.247 e. The van der Waals surface area contributed by atoms with Gasteiger partial charge in [0, 0.05) is 32.3 Å². The summed E-state index contributed by atoms with van der Waals surface area (Å²) >= 11 is 6.15. The molecule has 1 aromatic rings. The van der Waals surface area contributed by atoms with Gasteiger partial charge >= 0.3 is 0 Å². The molecule has 0 saturated carbocycles. The molecule has 1 aliphatic heterocycles. The summed E-state index contributed by atoms with van der Waals surface area (Å²) in [4.78, 5) is 25.9. The summed E-state index contributed by atoms with van der Waals surface area (Å²) in [5, 5.41) is 7.31. The van der Waals surface area contributed by atoms with E-state index < -0.39 is 0 Å². The summed E-state index contributed by atoms with van der Waals surface area (Å²) < 4.78 is 1.56. The van der Waals surface area contributed by atoms with Crippen LogP contribution in [0.1, 0.15) is 30.5 Å². The lowest BCUT2D eigenvalue weighted by atomic mass is 10.0. The minimum Gasteiger partial charge on any atom is -0.357 e. The van der Waals surface area contributed by atoms with Gasteiger partial charge in [0.2, 0.25) is 11.8 Å². The van der Waals surface area contributed by atoms with Gasteiger partial charge in [-0.3, -0.25) is 14.3 Å². The average molecular weight is 325 g/mol. The fourth-order valence-corrected chi connectivity index (χ4v) is 2.96. The van der Waals surface area contributed by atoms with E-state index in [0.717, 1.165) is 24.1 Å². The van der Waals surface area contributed by atoms with E-state index >= 15 is 0 Å². The summed E-state index contributed by atoms with van der Waals surface area (Å²) in [7, 11) is 3.34. The molecule has 0 aromatic carbocycles. The van der Waals surface area contributed by atoms with Crippen LogP contribution in [0.25, 0.3) is 6.08 Å². The van der Waals surface area contributed by atoms with Crippen molar-refractivity contribution in [3.8, 4) is 0 Å². The Balaban J connectivity index is 2.16. The molecule has 0 unspecified atom stereocenters. The molecule has 2 heterocycles. The smallest absolute Gasteiger partial charge is 0.247 e.